The highest BCUT2D eigenvalue weighted by Crippen LogP contribution is 2.33. The lowest BCUT2D eigenvalue weighted by Gasteiger charge is -2.14. The van der Waals surface area contributed by atoms with Crippen molar-refractivity contribution in [3.8, 4) is 11.3 Å². The van der Waals surface area contributed by atoms with Crippen molar-refractivity contribution in [3.63, 3.8) is 0 Å². The van der Waals surface area contributed by atoms with E-state index in [-0.39, 0.29) is 11.9 Å². The zero-order chi connectivity index (χ0) is 16.8. The molecule has 0 saturated heterocycles. The van der Waals surface area contributed by atoms with Crippen molar-refractivity contribution in [3.05, 3.63) is 41.0 Å². The fourth-order valence-electron chi connectivity index (χ4n) is 3.33. The first kappa shape index (κ1) is 15.4. The van der Waals surface area contributed by atoms with Crippen molar-refractivity contribution in [2.75, 3.05) is 11.4 Å². The minimum atomic E-state index is 0.101. The molecule has 0 radical (unpaired) electrons. The van der Waals surface area contributed by atoms with Crippen molar-refractivity contribution >= 4 is 27.9 Å². The van der Waals surface area contributed by atoms with Gasteiger partial charge in [0.25, 0.3) is 0 Å². The molecule has 0 saturated carbocycles. The van der Waals surface area contributed by atoms with Crippen LogP contribution >= 0.6 is 11.3 Å². The fourth-order valence-corrected chi connectivity index (χ4v) is 4.22. The second-order valence-electron chi connectivity index (χ2n) is 6.45. The summed E-state index contributed by atoms with van der Waals surface area (Å²) in [5.41, 5.74) is 11.4. The van der Waals surface area contributed by atoms with E-state index in [2.05, 4.69) is 28.1 Å². The Balaban J connectivity index is 1.71. The molecule has 1 aromatic carbocycles. The Morgan fingerprint density at radius 1 is 1.46 bits per heavy atom. The highest BCUT2D eigenvalue weighted by Gasteiger charge is 2.22. The summed E-state index contributed by atoms with van der Waals surface area (Å²) >= 11 is 1.64. The molecule has 124 valence electrons. The van der Waals surface area contributed by atoms with Crippen LogP contribution in [-0.2, 0) is 17.6 Å². The molecule has 1 aliphatic heterocycles. The SMILES string of the molecule is CC(=O)N1CCc2cc(-c3cn4c(CC(C)N)csc4n3)ccc21. The van der Waals surface area contributed by atoms with Gasteiger partial charge in [-0.05, 0) is 31.0 Å². The number of carbonyl (C=O) groups is 1. The second kappa shape index (κ2) is 5.72. The highest BCUT2D eigenvalue weighted by atomic mass is 32.1. The molecule has 2 aromatic heterocycles. The molecule has 3 heterocycles. The van der Waals surface area contributed by atoms with Gasteiger partial charge in [0, 0.05) is 54.5 Å². The lowest BCUT2D eigenvalue weighted by Crippen LogP contribution is -2.25. The van der Waals surface area contributed by atoms with Crippen LogP contribution in [0.2, 0.25) is 0 Å². The number of benzene rings is 1. The highest BCUT2D eigenvalue weighted by molar-refractivity contribution is 7.15. The van der Waals surface area contributed by atoms with E-state index >= 15 is 0 Å². The van der Waals surface area contributed by atoms with E-state index in [1.807, 2.05) is 17.9 Å². The molecule has 1 unspecified atom stereocenters. The molecular formula is C18H20N4OS. The van der Waals surface area contributed by atoms with E-state index in [0.717, 1.165) is 41.3 Å². The van der Waals surface area contributed by atoms with E-state index in [9.17, 15) is 4.79 Å². The normalized spacial score (nSPS) is 15.0. The predicted octanol–water partition coefficient (Wildman–Crippen LogP) is 2.86. The smallest absolute Gasteiger partial charge is 0.223 e. The number of amides is 1. The van der Waals surface area contributed by atoms with E-state index < -0.39 is 0 Å². The third kappa shape index (κ3) is 2.52. The van der Waals surface area contributed by atoms with Gasteiger partial charge in [0.15, 0.2) is 4.96 Å². The Labute approximate surface area is 144 Å². The third-order valence-electron chi connectivity index (χ3n) is 4.47. The van der Waals surface area contributed by atoms with Crippen LogP contribution in [0.1, 0.15) is 25.1 Å². The monoisotopic (exact) mass is 340 g/mol. The molecule has 0 aliphatic carbocycles. The van der Waals surface area contributed by atoms with Gasteiger partial charge in [-0.15, -0.1) is 11.3 Å². The molecule has 3 aromatic rings. The number of imidazole rings is 1. The number of thiazole rings is 1. The van der Waals surface area contributed by atoms with Gasteiger partial charge in [-0.3, -0.25) is 9.20 Å². The van der Waals surface area contributed by atoms with Crippen molar-refractivity contribution < 1.29 is 4.79 Å². The minimum Gasteiger partial charge on any atom is -0.328 e. The Hall–Kier alpha value is -2.18. The Kier molecular flexibility index (Phi) is 3.66. The molecule has 0 spiro atoms. The number of nitrogens with zero attached hydrogens (tertiary/aromatic N) is 3. The maximum absolute atomic E-state index is 11.7. The molecule has 24 heavy (non-hydrogen) atoms. The van der Waals surface area contributed by atoms with E-state index in [1.54, 1.807) is 18.3 Å². The summed E-state index contributed by atoms with van der Waals surface area (Å²) in [4.78, 5) is 19.3. The van der Waals surface area contributed by atoms with Gasteiger partial charge in [0.05, 0.1) is 5.69 Å². The molecule has 1 amide bonds. The Morgan fingerprint density at radius 3 is 3.04 bits per heavy atom. The van der Waals surface area contributed by atoms with Crippen molar-refractivity contribution in [2.45, 2.75) is 32.7 Å². The summed E-state index contributed by atoms with van der Waals surface area (Å²) < 4.78 is 2.14. The number of hydrogen-bond acceptors (Lipinski definition) is 4. The topological polar surface area (TPSA) is 63.6 Å². The van der Waals surface area contributed by atoms with Gasteiger partial charge in [0.1, 0.15) is 0 Å². The van der Waals surface area contributed by atoms with Crippen LogP contribution in [0.15, 0.2) is 29.8 Å². The number of rotatable bonds is 3. The summed E-state index contributed by atoms with van der Waals surface area (Å²) in [5, 5.41) is 2.13. The molecule has 0 bridgehead atoms. The Morgan fingerprint density at radius 2 is 2.29 bits per heavy atom. The number of nitrogens with two attached hydrogens (primary N) is 1. The van der Waals surface area contributed by atoms with Crippen molar-refractivity contribution in [2.24, 2.45) is 5.73 Å². The van der Waals surface area contributed by atoms with Gasteiger partial charge in [-0.2, -0.15) is 0 Å². The van der Waals surface area contributed by atoms with E-state index in [0.29, 0.717) is 0 Å². The largest absolute Gasteiger partial charge is 0.328 e. The summed E-state index contributed by atoms with van der Waals surface area (Å²) in [5.74, 6) is 0.101. The maximum atomic E-state index is 11.7. The van der Waals surface area contributed by atoms with Gasteiger partial charge in [-0.25, -0.2) is 4.98 Å². The first-order chi connectivity index (χ1) is 11.5. The molecule has 0 fully saturated rings. The fraction of sp³-hybridized carbons (Fsp3) is 0.333. The van der Waals surface area contributed by atoms with Crippen LogP contribution in [0.5, 0.6) is 0 Å². The first-order valence-electron chi connectivity index (χ1n) is 8.15. The van der Waals surface area contributed by atoms with Crippen LogP contribution < -0.4 is 10.6 Å². The quantitative estimate of drug-likeness (QED) is 0.797. The molecule has 1 aliphatic rings. The molecule has 6 heteroatoms. The number of hydrogen-bond donors (Lipinski definition) is 1. The van der Waals surface area contributed by atoms with Crippen LogP contribution in [0.4, 0.5) is 5.69 Å². The van der Waals surface area contributed by atoms with Gasteiger partial charge in [-0.1, -0.05) is 6.07 Å². The van der Waals surface area contributed by atoms with Crippen molar-refractivity contribution in [1.82, 2.24) is 9.38 Å². The first-order valence-corrected chi connectivity index (χ1v) is 9.03. The summed E-state index contributed by atoms with van der Waals surface area (Å²) in [6, 6.07) is 6.38. The molecule has 2 N–H and O–H groups in total. The average molecular weight is 340 g/mol. The predicted molar refractivity (Wildman–Crippen MR) is 97.6 cm³/mol. The zero-order valence-electron chi connectivity index (χ0n) is 13.8. The average Bonchev–Trinajstić information content (AvgIpc) is 3.20. The van der Waals surface area contributed by atoms with Crippen LogP contribution in [0, 0.1) is 0 Å². The summed E-state index contributed by atoms with van der Waals surface area (Å²) in [6.45, 7) is 4.40. The molecule has 5 nitrogen and oxygen atoms in total. The van der Waals surface area contributed by atoms with Crippen LogP contribution in [-0.4, -0.2) is 27.9 Å². The lowest BCUT2D eigenvalue weighted by molar-refractivity contribution is -0.116. The van der Waals surface area contributed by atoms with E-state index in [1.165, 1.54) is 11.3 Å². The number of aromatic nitrogens is 2. The molecule has 4 rings (SSSR count). The standard InChI is InChI=1S/C18H20N4OS/c1-11(19)7-15-10-24-18-20-16(9-22(15)18)13-3-4-17-14(8-13)5-6-21(17)12(2)23/h3-4,8-11H,5-7,19H2,1-2H3. The molecule has 1 atom stereocenters. The number of carbonyl (C=O) groups excluding carboxylic acids is 1. The number of anilines is 1. The maximum Gasteiger partial charge on any atom is 0.223 e. The summed E-state index contributed by atoms with van der Waals surface area (Å²) in [6.07, 6.45) is 3.83. The van der Waals surface area contributed by atoms with Gasteiger partial charge < -0.3 is 10.6 Å². The molecular weight excluding hydrogens is 320 g/mol. The minimum absolute atomic E-state index is 0.101. The Bertz CT molecular complexity index is 924. The van der Waals surface area contributed by atoms with Gasteiger partial charge in [0.2, 0.25) is 5.91 Å². The third-order valence-corrected chi connectivity index (χ3v) is 5.35. The summed E-state index contributed by atoms with van der Waals surface area (Å²) in [7, 11) is 0. The van der Waals surface area contributed by atoms with E-state index in [4.69, 9.17) is 10.7 Å². The number of fused-ring (bicyclic) bond motifs is 2. The zero-order valence-corrected chi connectivity index (χ0v) is 14.6. The van der Waals surface area contributed by atoms with Gasteiger partial charge >= 0.3 is 0 Å². The van der Waals surface area contributed by atoms with Crippen LogP contribution in [0.25, 0.3) is 16.2 Å². The second-order valence-corrected chi connectivity index (χ2v) is 7.29. The van der Waals surface area contributed by atoms with Crippen molar-refractivity contribution in [1.29, 1.82) is 0 Å². The lowest BCUT2D eigenvalue weighted by atomic mass is 10.1. The van der Waals surface area contributed by atoms with Crippen LogP contribution in [0.3, 0.4) is 0 Å².